The molecule has 1 heterocycles. The molecular formula is C16H20ClN3O4S. The van der Waals surface area contributed by atoms with Gasteiger partial charge in [-0.15, -0.1) is 11.8 Å². The van der Waals surface area contributed by atoms with Gasteiger partial charge in [-0.05, 0) is 24.6 Å². The fourth-order valence-electron chi connectivity index (χ4n) is 2.46. The number of carbonyl (C=O) groups excluding carboxylic acids is 2. The fourth-order valence-corrected chi connectivity index (χ4v) is 3.28. The monoisotopic (exact) mass is 385 g/mol. The number of carboxylic acid groups (broad SMARTS) is 1. The van der Waals surface area contributed by atoms with Crippen molar-refractivity contribution < 1.29 is 19.5 Å². The summed E-state index contributed by atoms with van der Waals surface area (Å²) in [5.74, 6) is -0.977. The van der Waals surface area contributed by atoms with Crippen LogP contribution in [-0.4, -0.2) is 70.5 Å². The van der Waals surface area contributed by atoms with E-state index in [-0.39, 0.29) is 23.4 Å². The lowest BCUT2D eigenvalue weighted by atomic mass is 10.3. The van der Waals surface area contributed by atoms with Gasteiger partial charge in [0.05, 0.1) is 11.5 Å². The highest BCUT2D eigenvalue weighted by Crippen LogP contribution is 2.16. The number of hydrogen-bond acceptors (Lipinski definition) is 4. The van der Waals surface area contributed by atoms with Crippen LogP contribution < -0.4 is 5.32 Å². The number of anilines is 1. The van der Waals surface area contributed by atoms with Crippen LogP contribution in [0.25, 0.3) is 0 Å². The molecular weight excluding hydrogens is 366 g/mol. The summed E-state index contributed by atoms with van der Waals surface area (Å²) in [5.41, 5.74) is 0.625. The second kappa shape index (κ2) is 9.53. The Morgan fingerprint density at radius 1 is 1.12 bits per heavy atom. The van der Waals surface area contributed by atoms with Gasteiger partial charge in [0.15, 0.2) is 0 Å². The van der Waals surface area contributed by atoms with Gasteiger partial charge in [0.1, 0.15) is 0 Å². The minimum atomic E-state index is -0.933. The summed E-state index contributed by atoms with van der Waals surface area (Å²) >= 11 is 6.99. The summed E-state index contributed by atoms with van der Waals surface area (Å²) in [5, 5.41) is 12.0. The van der Waals surface area contributed by atoms with E-state index in [9.17, 15) is 14.4 Å². The Kier molecular flexibility index (Phi) is 7.39. The van der Waals surface area contributed by atoms with Crippen LogP contribution in [0, 0.1) is 0 Å². The first-order valence-corrected chi connectivity index (χ1v) is 9.38. The maximum atomic E-state index is 12.4. The lowest BCUT2D eigenvalue weighted by Crippen LogP contribution is -2.39. The molecule has 3 amide bonds. The first kappa shape index (κ1) is 19.4. The number of urea groups is 1. The SMILES string of the molecule is O=C(O)CSCC(=O)N1CCCN(C(=O)Nc2cccc(Cl)c2)CC1. The van der Waals surface area contributed by atoms with E-state index < -0.39 is 5.97 Å². The summed E-state index contributed by atoms with van der Waals surface area (Å²) in [6, 6.07) is 6.70. The van der Waals surface area contributed by atoms with Crippen LogP contribution >= 0.6 is 23.4 Å². The molecule has 25 heavy (non-hydrogen) atoms. The van der Waals surface area contributed by atoms with E-state index in [1.807, 2.05) is 0 Å². The lowest BCUT2D eigenvalue weighted by molar-refractivity contribution is -0.133. The number of nitrogens with zero attached hydrogens (tertiary/aromatic N) is 2. The summed E-state index contributed by atoms with van der Waals surface area (Å²) in [7, 11) is 0. The van der Waals surface area contributed by atoms with Crippen molar-refractivity contribution in [3.05, 3.63) is 29.3 Å². The highest BCUT2D eigenvalue weighted by atomic mass is 35.5. The molecule has 0 spiro atoms. The summed E-state index contributed by atoms with van der Waals surface area (Å²) < 4.78 is 0. The largest absolute Gasteiger partial charge is 0.481 e. The quantitative estimate of drug-likeness (QED) is 0.811. The minimum Gasteiger partial charge on any atom is -0.481 e. The fraction of sp³-hybridized carbons (Fsp3) is 0.438. The Hall–Kier alpha value is -1.93. The van der Waals surface area contributed by atoms with Crippen molar-refractivity contribution in [3.63, 3.8) is 0 Å². The van der Waals surface area contributed by atoms with Gasteiger partial charge in [-0.1, -0.05) is 17.7 Å². The molecule has 1 fully saturated rings. The minimum absolute atomic E-state index is 0.0895. The van der Waals surface area contributed by atoms with Crippen molar-refractivity contribution in [1.82, 2.24) is 9.80 Å². The number of carboxylic acids is 1. The van der Waals surface area contributed by atoms with E-state index >= 15 is 0 Å². The maximum Gasteiger partial charge on any atom is 0.321 e. The number of aliphatic carboxylic acids is 1. The van der Waals surface area contributed by atoms with Gasteiger partial charge in [0, 0.05) is 36.9 Å². The molecule has 1 aromatic rings. The molecule has 1 aliphatic rings. The Morgan fingerprint density at radius 3 is 2.56 bits per heavy atom. The zero-order valence-corrected chi connectivity index (χ0v) is 15.2. The van der Waals surface area contributed by atoms with Gasteiger partial charge in [0.2, 0.25) is 5.91 Å². The number of rotatable bonds is 5. The second-order valence-electron chi connectivity index (χ2n) is 5.55. The number of hydrogen-bond donors (Lipinski definition) is 2. The van der Waals surface area contributed by atoms with Crippen molar-refractivity contribution in [2.24, 2.45) is 0 Å². The van der Waals surface area contributed by atoms with Crippen molar-refractivity contribution in [2.75, 3.05) is 43.0 Å². The first-order chi connectivity index (χ1) is 12.0. The van der Waals surface area contributed by atoms with Crippen LogP contribution in [-0.2, 0) is 9.59 Å². The third-order valence-corrected chi connectivity index (χ3v) is 4.80. The molecule has 0 aromatic heterocycles. The van der Waals surface area contributed by atoms with Crippen LogP contribution in [0.1, 0.15) is 6.42 Å². The van der Waals surface area contributed by atoms with Gasteiger partial charge >= 0.3 is 12.0 Å². The standard InChI is InChI=1S/C16H20ClN3O4S/c17-12-3-1-4-13(9-12)18-16(24)20-6-2-5-19(7-8-20)14(21)10-25-11-15(22)23/h1,3-4,9H,2,5-8,10-11H2,(H,18,24)(H,22,23). The highest BCUT2D eigenvalue weighted by molar-refractivity contribution is 8.00. The Morgan fingerprint density at radius 2 is 1.84 bits per heavy atom. The molecule has 0 saturated carbocycles. The van der Waals surface area contributed by atoms with Crippen molar-refractivity contribution in [1.29, 1.82) is 0 Å². The molecule has 0 bridgehead atoms. The Labute approximate surface area is 155 Å². The molecule has 1 aromatic carbocycles. The van der Waals surface area contributed by atoms with E-state index in [4.69, 9.17) is 16.7 Å². The zero-order chi connectivity index (χ0) is 18.2. The van der Waals surface area contributed by atoms with E-state index in [2.05, 4.69) is 5.32 Å². The third-order valence-electron chi connectivity index (χ3n) is 3.66. The molecule has 2 rings (SSSR count). The van der Waals surface area contributed by atoms with Crippen molar-refractivity contribution in [2.45, 2.75) is 6.42 Å². The van der Waals surface area contributed by atoms with Crippen molar-refractivity contribution in [3.8, 4) is 0 Å². The predicted molar refractivity (Wildman–Crippen MR) is 98.2 cm³/mol. The molecule has 0 atom stereocenters. The van der Waals surface area contributed by atoms with Crippen LogP contribution in [0.3, 0.4) is 0 Å². The van der Waals surface area contributed by atoms with Crippen molar-refractivity contribution >= 4 is 47.0 Å². The molecule has 0 unspecified atom stereocenters. The first-order valence-electron chi connectivity index (χ1n) is 7.84. The molecule has 0 radical (unpaired) electrons. The van der Waals surface area contributed by atoms with E-state index in [0.29, 0.717) is 43.3 Å². The Balaban J connectivity index is 1.82. The molecule has 2 N–H and O–H groups in total. The number of carbonyl (C=O) groups is 3. The normalized spacial score (nSPS) is 14.8. The second-order valence-corrected chi connectivity index (χ2v) is 6.97. The average Bonchev–Trinajstić information content (AvgIpc) is 2.80. The summed E-state index contributed by atoms with van der Waals surface area (Å²) in [6.07, 6.45) is 0.679. The van der Waals surface area contributed by atoms with Crippen LogP contribution in [0.2, 0.25) is 5.02 Å². The number of thioether (sulfide) groups is 1. The molecule has 1 aliphatic heterocycles. The lowest BCUT2D eigenvalue weighted by Gasteiger charge is -2.22. The zero-order valence-electron chi connectivity index (χ0n) is 13.6. The van der Waals surface area contributed by atoms with Gasteiger partial charge in [-0.25, -0.2) is 4.79 Å². The smallest absolute Gasteiger partial charge is 0.321 e. The van der Waals surface area contributed by atoms with Gasteiger partial charge in [-0.2, -0.15) is 0 Å². The van der Waals surface area contributed by atoms with Crippen LogP contribution in [0.5, 0.6) is 0 Å². The van der Waals surface area contributed by atoms with Gasteiger partial charge < -0.3 is 20.2 Å². The van der Waals surface area contributed by atoms with Gasteiger partial charge in [-0.3, -0.25) is 9.59 Å². The predicted octanol–water partition coefficient (Wildman–Crippen LogP) is 2.22. The molecule has 9 heteroatoms. The number of nitrogens with one attached hydrogen (secondary N) is 1. The molecule has 7 nitrogen and oxygen atoms in total. The molecule has 136 valence electrons. The van der Waals surface area contributed by atoms with E-state index in [1.165, 1.54) is 0 Å². The highest BCUT2D eigenvalue weighted by Gasteiger charge is 2.22. The third kappa shape index (κ3) is 6.47. The molecule has 1 saturated heterocycles. The number of benzene rings is 1. The van der Waals surface area contributed by atoms with E-state index in [0.717, 1.165) is 11.8 Å². The topological polar surface area (TPSA) is 90.0 Å². The van der Waals surface area contributed by atoms with Gasteiger partial charge in [0.25, 0.3) is 0 Å². The number of halogens is 1. The maximum absolute atomic E-state index is 12.4. The summed E-state index contributed by atoms with van der Waals surface area (Å²) in [6.45, 7) is 1.99. The molecule has 0 aliphatic carbocycles. The van der Waals surface area contributed by atoms with Crippen LogP contribution in [0.15, 0.2) is 24.3 Å². The van der Waals surface area contributed by atoms with Crippen LogP contribution in [0.4, 0.5) is 10.5 Å². The Bertz CT molecular complexity index is 644. The summed E-state index contributed by atoms with van der Waals surface area (Å²) in [4.78, 5) is 38.3. The average molecular weight is 386 g/mol. The van der Waals surface area contributed by atoms with E-state index in [1.54, 1.807) is 34.1 Å². The number of amides is 3.